The van der Waals surface area contributed by atoms with Gasteiger partial charge in [0.1, 0.15) is 0 Å². The van der Waals surface area contributed by atoms with Crippen LogP contribution in [0.15, 0.2) is 84.9 Å². The topological polar surface area (TPSA) is 0 Å². The average Bonchev–Trinajstić information content (AvgIpc) is 2.92. The van der Waals surface area contributed by atoms with Gasteiger partial charge in [-0.3, -0.25) is 0 Å². The van der Waals surface area contributed by atoms with Crippen LogP contribution in [0.4, 0.5) is 0 Å². The lowest BCUT2D eigenvalue weighted by Crippen LogP contribution is -2.03. The molecule has 0 heterocycles. The first-order valence-electron chi connectivity index (χ1n) is 15.0. The van der Waals surface area contributed by atoms with E-state index in [-0.39, 0.29) is 0 Å². The maximum Gasteiger partial charge on any atom is -0.0149 e. The number of rotatable bonds is 9. The molecule has 0 nitrogen and oxygen atoms in total. The van der Waals surface area contributed by atoms with Crippen molar-refractivity contribution in [3.63, 3.8) is 0 Å². The maximum absolute atomic E-state index is 2.44. The predicted octanol–water partition coefficient (Wildman–Crippen LogP) is 10.0. The van der Waals surface area contributed by atoms with Crippen molar-refractivity contribution >= 4 is 10.8 Å². The Hall–Kier alpha value is -3.64. The molecule has 0 heteroatoms. The molecule has 0 atom stereocenters. The molecule has 5 rings (SSSR count). The van der Waals surface area contributed by atoms with E-state index in [9.17, 15) is 0 Å². The van der Waals surface area contributed by atoms with E-state index >= 15 is 0 Å². The molecule has 0 saturated heterocycles. The third-order valence-electron chi connectivity index (χ3n) is 8.78. The maximum atomic E-state index is 2.44. The van der Waals surface area contributed by atoms with Gasteiger partial charge in [-0.15, -0.1) is 0 Å². The molecular formula is C40H44. The van der Waals surface area contributed by atoms with Crippen LogP contribution in [0, 0.1) is 41.5 Å². The highest BCUT2D eigenvalue weighted by atomic mass is 14.2. The third-order valence-corrected chi connectivity index (χ3v) is 8.78. The monoisotopic (exact) mass is 524 g/mol. The van der Waals surface area contributed by atoms with E-state index in [1.54, 1.807) is 0 Å². The third kappa shape index (κ3) is 6.56. The van der Waals surface area contributed by atoms with Crippen LogP contribution in [0.3, 0.4) is 0 Å². The van der Waals surface area contributed by atoms with Gasteiger partial charge in [-0.2, -0.15) is 0 Å². The normalized spacial score (nSPS) is 11.3. The van der Waals surface area contributed by atoms with E-state index in [4.69, 9.17) is 0 Å². The molecule has 0 aliphatic carbocycles. The number of benzene rings is 5. The van der Waals surface area contributed by atoms with Crippen LogP contribution in [0.5, 0.6) is 0 Å². The Labute approximate surface area is 242 Å². The number of hydrogen-bond donors (Lipinski definition) is 0. The van der Waals surface area contributed by atoms with Crippen LogP contribution in [0.1, 0.15) is 66.8 Å². The molecule has 0 fully saturated rings. The minimum absolute atomic E-state index is 1.07. The number of fused-ring (bicyclic) bond motifs is 1. The van der Waals surface area contributed by atoms with Gasteiger partial charge >= 0.3 is 0 Å². The highest BCUT2D eigenvalue weighted by Crippen LogP contribution is 2.28. The van der Waals surface area contributed by atoms with Crippen molar-refractivity contribution in [3.05, 3.63) is 152 Å². The standard InChI is InChI=1S/C40H44/c1-27-7-12-34(30(4)23-27)15-10-33-11-21-40-38(26-33)19-18-37(17-16-35-13-8-28(2)24-31(35)5)39(40)22-20-36-14-9-29(3)25-32(36)6/h7-9,11-14,18-19,21,23-26H,10,15-17,20,22H2,1-6H3. The van der Waals surface area contributed by atoms with Crippen LogP contribution < -0.4 is 0 Å². The quantitative estimate of drug-likeness (QED) is 0.180. The Morgan fingerprint density at radius 3 is 1.35 bits per heavy atom. The van der Waals surface area contributed by atoms with Crippen molar-refractivity contribution in [1.29, 1.82) is 0 Å². The van der Waals surface area contributed by atoms with Gasteiger partial charge in [0.25, 0.3) is 0 Å². The van der Waals surface area contributed by atoms with Crippen molar-refractivity contribution in [2.24, 2.45) is 0 Å². The fourth-order valence-corrected chi connectivity index (χ4v) is 6.36. The summed E-state index contributed by atoms with van der Waals surface area (Å²) >= 11 is 0. The first kappa shape index (κ1) is 27.9. The minimum atomic E-state index is 1.07. The zero-order valence-electron chi connectivity index (χ0n) is 25.3. The van der Waals surface area contributed by atoms with E-state index in [2.05, 4.69) is 126 Å². The molecule has 0 bridgehead atoms. The second-order valence-electron chi connectivity index (χ2n) is 12.0. The lowest BCUT2D eigenvalue weighted by Gasteiger charge is -2.16. The molecule has 0 saturated carbocycles. The van der Waals surface area contributed by atoms with E-state index < -0.39 is 0 Å². The van der Waals surface area contributed by atoms with Gasteiger partial charge in [-0.25, -0.2) is 0 Å². The van der Waals surface area contributed by atoms with Crippen molar-refractivity contribution in [2.45, 2.75) is 80.1 Å². The Balaban J connectivity index is 1.43. The Morgan fingerprint density at radius 1 is 0.375 bits per heavy atom. The molecule has 0 aromatic heterocycles. The van der Waals surface area contributed by atoms with E-state index in [0.29, 0.717) is 0 Å². The van der Waals surface area contributed by atoms with Crippen molar-refractivity contribution in [3.8, 4) is 0 Å². The summed E-state index contributed by atoms with van der Waals surface area (Å²) in [5.74, 6) is 0. The van der Waals surface area contributed by atoms with Crippen LogP contribution in [0.2, 0.25) is 0 Å². The largest absolute Gasteiger partial charge is 0.0590 e. The summed E-state index contributed by atoms with van der Waals surface area (Å²) in [6.07, 6.45) is 6.48. The summed E-state index contributed by atoms with van der Waals surface area (Å²) in [5.41, 5.74) is 17.1. The molecule has 5 aromatic rings. The summed E-state index contributed by atoms with van der Waals surface area (Å²) in [6.45, 7) is 13.3. The summed E-state index contributed by atoms with van der Waals surface area (Å²) in [6, 6.07) is 32.7. The van der Waals surface area contributed by atoms with Gasteiger partial charge in [-0.05, 0) is 141 Å². The summed E-state index contributed by atoms with van der Waals surface area (Å²) < 4.78 is 0. The van der Waals surface area contributed by atoms with Gasteiger partial charge < -0.3 is 0 Å². The van der Waals surface area contributed by atoms with Crippen molar-refractivity contribution < 1.29 is 0 Å². The van der Waals surface area contributed by atoms with Crippen LogP contribution in [0.25, 0.3) is 10.8 Å². The van der Waals surface area contributed by atoms with Gasteiger partial charge in [-0.1, -0.05) is 102 Å². The molecule has 0 aliphatic rings. The predicted molar refractivity (Wildman–Crippen MR) is 174 cm³/mol. The molecule has 0 N–H and O–H groups in total. The van der Waals surface area contributed by atoms with Gasteiger partial charge in [0.05, 0.1) is 0 Å². The molecular weight excluding hydrogens is 480 g/mol. The van der Waals surface area contributed by atoms with E-state index in [0.717, 1.165) is 38.5 Å². The van der Waals surface area contributed by atoms with Crippen molar-refractivity contribution in [1.82, 2.24) is 0 Å². The van der Waals surface area contributed by atoms with Crippen LogP contribution in [-0.4, -0.2) is 0 Å². The Morgan fingerprint density at radius 2 is 0.825 bits per heavy atom. The second kappa shape index (κ2) is 12.3. The summed E-state index contributed by atoms with van der Waals surface area (Å²) in [4.78, 5) is 0. The highest BCUT2D eigenvalue weighted by Gasteiger charge is 2.12. The first-order valence-corrected chi connectivity index (χ1v) is 15.0. The molecule has 0 radical (unpaired) electrons. The summed E-state index contributed by atoms with van der Waals surface area (Å²) in [7, 11) is 0. The van der Waals surface area contributed by atoms with Crippen LogP contribution >= 0.6 is 0 Å². The van der Waals surface area contributed by atoms with E-state index in [1.807, 2.05) is 0 Å². The lowest BCUT2D eigenvalue weighted by atomic mass is 9.88. The highest BCUT2D eigenvalue weighted by molar-refractivity contribution is 5.87. The fraction of sp³-hybridized carbons (Fsp3) is 0.300. The molecule has 40 heavy (non-hydrogen) atoms. The van der Waals surface area contributed by atoms with Gasteiger partial charge in [0, 0.05) is 0 Å². The summed E-state index contributed by atoms with van der Waals surface area (Å²) in [5, 5.41) is 2.81. The number of hydrogen-bond acceptors (Lipinski definition) is 0. The number of aryl methyl sites for hydroxylation is 12. The average molecular weight is 525 g/mol. The Kier molecular flexibility index (Phi) is 8.55. The van der Waals surface area contributed by atoms with Gasteiger partial charge in [0.2, 0.25) is 0 Å². The molecule has 0 spiro atoms. The zero-order valence-corrected chi connectivity index (χ0v) is 25.3. The lowest BCUT2D eigenvalue weighted by molar-refractivity contribution is 0.893. The second-order valence-corrected chi connectivity index (χ2v) is 12.0. The molecule has 5 aromatic carbocycles. The molecule has 0 unspecified atom stereocenters. The fourth-order valence-electron chi connectivity index (χ4n) is 6.36. The first-order chi connectivity index (χ1) is 19.3. The smallest absolute Gasteiger partial charge is 0.0149 e. The molecule has 0 amide bonds. The SMILES string of the molecule is Cc1ccc(CCc2ccc3c(CCc4ccc(C)cc4C)c(CCc4ccc(C)cc4C)ccc3c2)c(C)c1. The van der Waals surface area contributed by atoms with Gasteiger partial charge in [0.15, 0.2) is 0 Å². The minimum Gasteiger partial charge on any atom is -0.0590 e. The zero-order chi connectivity index (χ0) is 28.2. The van der Waals surface area contributed by atoms with E-state index in [1.165, 1.54) is 77.5 Å². The Bertz CT molecular complexity index is 1650. The van der Waals surface area contributed by atoms with Crippen LogP contribution in [-0.2, 0) is 38.5 Å². The van der Waals surface area contributed by atoms with Crippen molar-refractivity contribution in [2.75, 3.05) is 0 Å². The molecule has 204 valence electrons. The molecule has 0 aliphatic heterocycles.